The van der Waals surface area contributed by atoms with Crippen molar-refractivity contribution in [1.82, 2.24) is 20.2 Å². The summed E-state index contributed by atoms with van der Waals surface area (Å²) in [6.45, 7) is 6.56. The second kappa shape index (κ2) is 10.9. The van der Waals surface area contributed by atoms with E-state index in [0.717, 1.165) is 22.6 Å². The van der Waals surface area contributed by atoms with Gasteiger partial charge >= 0.3 is 0 Å². The molecule has 178 valence electrons. The lowest BCUT2D eigenvalue weighted by molar-refractivity contribution is -0.118. The van der Waals surface area contributed by atoms with Crippen molar-refractivity contribution >= 4 is 35.5 Å². The molecule has 3 aromatic carbocycles. The summed E-state index contributed by atoms with van der Waals surface area (Å²) in [7, 11) is 0. The Labute approximate surface area is 214 Å². The Morgan fingerprint density at radius 1 is 1.03 bits per heavy atom. The van der Waals surface area contributed by atoms with Gasteiger partial charge in [0.05, 0.1) is 12.0 Å². The van der Waals surface area contributed by atoms with Gasteiger partial charge in [-0.3, -0.25) is 9.36 Å². The van der Waals surface area contributed by atoms with Gasteiger partial charge in [0.15, 0.2) is 11.0 Å². The van der Waals surface area contributed by atoms with Crippen molar-refractivity contribution in [1.29, 1.82) is 0 Å². The van der Waals surface area contributed by atoms with Crippen LogP contribution in [0.1, 0.15) is 31.9 Å². The van der Waals surface area contributed by atoms with Crippen LogP contribution in [0.15, 0.2) is 89.1 Å². The number of halogens is 1. The first-order valence-corrected chi connectivity index (χ1v) is 12.5. The smallest absolute Gasteiger partial charge is 0.250 e. The predicted octanol–water partition coefficient (Wildman–Crippen LogP) is 6.13. The highest BCUT2D eigenvalue weighted by Crippen LogP contribution is 2.30. The summed E-state index contributed by atoms with van der Waals surface area (Å²) in [6.07, 6.45) is 1.56. The summed E-state index contributed by atoms with van der Waals surface area (Å²) in [6, 6.07) is 25.5. The molecule has 0 aliphatic rings. The largest absolute Gasteiger partial charge is 0.272 e. The molecule has 35 heavy (non-hydrogen) atoms. The van der Waals surface area contributed by atoms with Crippen molar-refractivity contribution in [2.45, 2.75) is 31.3 Å². The van der Waals surface area contributed by atoms with Gasteiger partial charge in [0, 0.05) is 16.3 Å². The number of hydrogen-bond donors (Lipinski definition) is 1. The van der Waals surface area contributed by atoms with E-state index in [9.17, 15) is 4.79 Å². The van der Waals surface area contributed by atoms with Crippen molar-refractivity contribution in [3.05, 3.63) is 95.0 Å². The Bertz CT molecular complexity index is 1330. The summed E-state index contributed by atoms with van der Waals surface area (Å²) in [4.78, 5) is 12.4. The quantitative estimate of drug-likeness (QED) is 0.187. The molecule has 4 rings (SSSR count). The molecule has 1 aromatic heterocycles. The summed E-state index contributed by atoms with van der Waals surface area (Å²) < 4.78 is 1.97. The molecule has 1 amide bonds. The third-order valence-corrected chi connectivity index (χ3v) is 6.40. The lowest BCUT2D eigenvalue weighted by Crippen LogP contribution is -2.20. The highest BCUT2D eigenvalue weighted by molar-refractivity contribution is 7.99. The number of rotatable bonds is 7. The van der Waals surface area contributed by atoms with E-state index in [-0.39, 0.29) is 17.1 Å². The number of nitrogens with one attached hydrogen (secondary N) is 1. The van der Waals surface area contributed by atoms with Crippen LogP contribution in [-0.2, 0) is 10.2 Å². The van der Waals surface area contributed by atoms with E-state index in [1.165, 1.54) is 17.3 Å². The number of aromatic nitrogens is 3. The van der Waals surface area contributed by atoms with Crippen LogP contribution in [-0.4, -0.2) is 32.6 Å². The number of hydrazone groups is 1. The predicted molar refractivity (Wildman–Crippen MR) is 143 cm³/mol. The fraction of sp³-hybridized carbons (Fsp3) is 0.185. The monoisotopic (exact) mass is 503 g/mol. The van der Waals surface area contributed by atoms with Crippen molar-refractivity contribution in [2.24, 2.45) is 5.10 Å². The molecule has 0 saturated carbocycles. The van der Waals surface area contributed by atoms with Crippen molar-refractivity contribution in [3.63, 3.8) is 0 Å². The fourth-order valence-corrected chi connectivity index (χ4v) is 4.35. The number of amides is 1. The van der Waals surface area contributed by atoms with Crippen LogP contribution in [0.4, 0.5) is 0 Å². The number of hydrogen-bond acceptors (Lipinski definition) is 5. The minimum atomic E-state index is -0.244. The summed E-state index contributed by atoms with van der Waals surface area (Å²) >= 11 is 7.28. The molecule has 8 heteroatoms. The van der Waals surface area contributed by atoms with Gasteiger partial charge in [0.1, 0.15) is 0 Å². The van der Waals surface area contributed by atoms with Crippen LogP contribution >= 0.6 is 23.4 Å². The molecular formula is C27H26ClN5OS. The molecule has 1 N–H and O–H groups in total. The molecule has 0 saturated heterocycles. The molecule has 0 atom stereocenters. The van der Waals surface area contributed by atoms with Crippen LogP contribution in [0.3, 0.4) is 0 Å². The maximum Gasteiger partial charge on any atom is 0.250 e. The Kier molecular flexibility index (Phi) is 7.68. The number of thioether (sulfide) groups is 1. The van der Waals surface area contributed by atoms with Crippen molar-refractivity contribution in [3.8, 4) is 17.1 Å². The minimum Gasteiger partial charge on any atom is -0.272 e. The first-order chi connectivity index (χ1) is 16.8. The zero-order valence-corrected chi connectivity index (χ0v) is 21.3. The van der Waals surface area contributed by atoms with Gasteiger partial charge in [-0.25, -0.2) is 5.43 Å². The van der Waals surface area contributed by atoms with E-state index < -0.39 is 0 Å². The summed E-state index contributed by atoms with van der Waals surface area (Å²) in [5.74, 6) is 0.617. The number of carbonyl (C=O) groups excluding carboxylic acids is 1. The summed E-state index contributed by atoms with van der Waals surface area (Å²) in [5.41, 5.74) is 6.54. The first kappa shape index (κ1) is 24.7. The lowest BCUT2D eigenvalue weighted by Gasteiger charge is -2.19. The molecule has 0 fully saturated rings. The number of carbonyl (C=O) groups is 1. The zero-order chi connectivity index (χ0) is 24.8. The number of benzene rings is 3. The molecule has 0 unspecified atom stereocenters. The second-order valence-electron chi connectivity index (χ2n) is 8.94. The van der Waals surface area contributed by atoms with Crippen molar-refractivity contribution in [2.75, 3.05) is 5.75 Å². The fourth-order valence-electron chi connectivity index (χ4n) is 3.41. The van der Waals surface area contributed by atoms with Gasteiger partial charge in [-0.15, -0.1) is 10.2 Å². The van der Waals surface area contributed by atoms with E-state index in [1.54, 1.807) is 18.3 Å². The van der Waals surface area contributed by atoms with E-state index in [2.05, 4.69) is 65.8 Å². The topological polar surface area (TPSA) is 72.2 Å². The normalized spacial score (nSPS) is 11.7. The number of nitrogens with zero attached hydrogens (tertiary/aromatic N) is 4. The van der Waals surface area contributed by atoms with Crippen LogP contribution in [0.5, 0.6) is 0 Å². The Hall–Kier alpha value is -3.42. The van der Waals surface area contributed by atoms with Gasteiger partial charge in [-0.2, -0.15) is 5.10 Å². The molecule has 0 aliphatic carbocycles. The van der Waals surface area contributed by atoms with E-state index in [4.69, 9.17) is 11.6 Å². The molecular weight excluding hydrogens is 478 g/mol. The molecule has 4 aromatic rings. The maximum absolute atomic E-state index is 12.4. The highest BCUT2D eigenvalue weighted by atomic mass is 35.5. The van der Waals surface area contributed by atoms with Gasteiger partial charge in [-0.05, 0) is 40.8 Å². The van der Waals surface area contributed by atoms with Crippen LogP contribution in [0, 0.1) is 0 Å². The van der Waals surface area contributed by atoms with E-state index in [0.29, 0.717) is 10.2 Å². The van der Waals surface area contributed by atoms with E-state index >= 15 is 0 Å². The van der Waals surface area contributed by atoms with Crippen LogP contribution in [0.2, 0.25) is 5.02 Å². The molecule has 0 radical (unpaired) electrons. The van der Waals surface area contributed by atoms with Gasteiger partial charge in [0.25, 0.3) is 5.91 Å². The standard InChI is InChI=1S/C27H26ClN5OS/c1-27(2,3)21-14-12-20(13-15-21)25-31-32-26(33(25)23-10-5-4-6-11-23)35-18-24(34)30-29-17-19-8-7-9-22(28)16-19/h4-17H,18H2,1-3H3,(H,30,34). The van der Waals surface area contributed by atoms with Crippen LogP contribution in [0.25, 0.3) is 17.1 Å². The molecule has 0 aliphatic heterocycles. The van der Waals surface area contributed by atoms with Crippen LogP contribution < -0.4 is 5.43 Å². The Morgan fingerprint density at radius 2 is 1.77 bits per heavy atom. The molecule has 0 bridgehead atoms. The van der Waals surface area contributed by atoms with Gasteiger partial charge in [0.2, 0.25) is 0 Å². The first-order valence-electron chi connectivity index (χ1n) is 11.1. The zero-order valence-electron chi connectivity index (χ0n) is 19.8. The van der Waals surface area contributed by atoms with Gasteiger partial charge in [-0.1, -0.05) is 98.7 Å². The third kappa shape index (κ3) is 6.38. The maximum atomic E-state index is 12.4. The Morgan fingerprint density at radius 3 is 2.46 bits per heavy atom. The van der Waals surface area contributed by atoms with Gasteiger partial charge < -0.3 is 0 Å². The lowest BCUT2D eigenvalue weighted by atomic mass is 9.87. The second-order valence-corrected chi connectivity index (χ2v) is 10.3. The molecule has 1 heterocycles. The summed E-state index contributed by atoms with van der Waals surface area (Å²) in [5, 5.41) is 14.1. The van der Waals surface area contributed by atoms with Crippen molar-refractivity contribution < 1.29 is 4.79 Å². The Balaban J connectivity index is 1.52. The minimum absolute atomic E-state index is 0.0647. The third-order valence-electron chi connectivity index (χ3n) is 5.24. The SMILES string of the molecule is CC(C)(C)c1ccc(-c2nnc(SCC(=O)NN=Cc3cccc(Cl)c3)n2-c2ccccc2)cc1. The highest BCUT2D eigenvalue weighted by Gasteiger charge is 2.19. The van der Waals surface area contributed by atoms with E-state index in [1.807, 2.05) is 47.0 Å². The molecule has 6 nitrogen and oxygen atoms in total. The average molecular weight is 504 g/mol. The molecule has 0 spiro atoms. The average Bonchev–Trinajstić information content (AvgIpc) is 3.27. The number of para-hydroxylation sites is 1.